The molecule has 25 heavy (non-hydrogen) atoms. The number of pyridine rings is 1. The summed E-state index contributed by atoms with van der Waals surface area (Å²) in [6, 6.07) is 6.68. The molecule has 3 rings (SSSR count). The Morgan fingerprint density at radius 1 is 0.960 bits per heavy atom. The van der Waals surface area contributed by atoms with E-state index in [1.165, 1.54) is 0 Å². The number of nitrogens with zero attached hydrogens (tertiary/aromatic N) is 2. The molecular weight excluding hydrogens is 338 g/mol. The molecular formula is C17H17F4N3O. The van der Waals surface area contributed by atoms with Crippen LogP contribution >= 0.6 is 0 Å². The van der Waals surface area contributed by atoms with Crippen LogP contribution in [0.3, 0.4) is 0 Å². The number of aromatic nitrogens is 1. The highest BCUT2D eigenvalue weighted by atomic mass is 19.2. The average Bonchev–Trinajstić information content (AvgIpc) is 2.57. The molecule has 0 saturated carbocycles. The predicted molar refractivity (Wildman–Crippen MR) is 86.0 cm³/mol. The molecule has 4 nitrogen and oxygen atoms in total. The number of morpholine rings is 1. The molecule has 1 aromatic heterocycles. The minimum absolute atomic E-state index is 0.0903. The molecule has 0 aliphatic carbocycles. The van der Waals surface area contributed by atoms with Crippen molar-refractivity contribution in [3.8, 4) is 0 Å². The minimum atomic E-state index is -1.70. The van der Waals surface area contributed by atoms with Crippen LogP contribution in [0.4, 0.5) is 34.6 Å². The molecule has 1 N–H and O–H groups in total. The summed E-state index contributed by atoms with van der Waals surface area (Å²) in [6.07, 6.45) is 0.181. The van der Waals surface area contributed by atoms with E-state index in [-0.39, 0.29) is 12.2 Å². The van der Waals surface area contributed by atoms with Crippen molar-refractivity contribution in [2.24, 2.45) is 0 Å². The Labute approximate surface area is 142 Å². The molecule has 1 aromatic carbocycles. The van der Waals surface area contributed by atoms with Gasteiger partial charge < -0.3 is 15.0 Å². The number of rotatable bonds is 3. The van der Waals surface area contributed by atoms with Crippen molar-refractivity contribution < 1.29 is 22.3 Å². The van der Waals surface area contributed by atoms with Crippen LogP contribution in [0.1, 0.15) is 13.8 Å². The second-order valence-electron chi connectivity index (χ2n) is 6.03. The fraction of sp³-hybridized carbons (Fsp3) is 0.353. The van der Waals surface area contributed by atoms with Crippen LogP contribution in [0.25, 0.3) is 0 Å². The molecule has 134 valence electrons. The van der Waals surface area contributed by atoms with Crippen LogP contribution in [0.5, 0.6) is 0 Å². The summed E-state index contributed by atoms with van der Waals surface area (Å²) >= 11 is 0. The zero-order chi connectivity index (χ0) is 18.1. The van der Waals surface area contributed by atoms with Gasteiger partial charge in [-0.3, -0.25) is 0 Å². The van der Waals surface area contributed by atoms with Gasteiger partial charge in [0.25, 0.3) is 11.9 Å². The van der Waals surface area contributed by atoms with Crippen LogP contribution in [-0.2, 0) is 4.74 Å². The van der Waals surface area contributed by atoms with Gasteiger partial charge in [0.1, 0.15) is 5.69 Å². The number of anilines is 3. The van der Waals surface area contributed by atoms with Gasteiger partial charge in [0.2, 0.25) is 11.6 Å². The Kier molecular flexibility index (Phi) is 4.80. The van der Waals surface area contributed by atoms with E-state index < -0.39 is 29.2 Å². The summed E-state index contributed by atoms with van der Waals surface area (Å²) < 4.78 is 59.3. The van der Waals surface area contributed by atoms with E-state index in [4.69, 9.17) is 4.74 Å². The lowest BCUT2D eigenvalue weighted by Gasteiger charge is -2.36. The third-order valence-electron chi connectivity index (χ3n) is 3.92. The van der Waals surface area contributed by atoms with Crippen molar-refractivity contribution in [3.05, 3.63) is 47.8 Å². The smallest absolute Gasteiger partial charge is 0.253 e. The van der Waals surface area contributed by atoms with Gasteiger partial charge in [-0.05, 0) is 38.1 Å². The van der Waals surface area contributed by atoms with Crippen molar-refractivity contribution in [2.75, 3.05) is 23.3 Å². The first-order valence-corrected chi connectivity index (χ1v) is 7.82. The Balaban J connectivity index is 1.80. The lowest BCUT2D eigenvalue weighted by molar-refractivity contribution is -0.00521. The summed E-state index contributed by atoms with van der Waals surface area (Å²) in [6.45, 7) is 5.41. The van der Waals surface area contributed by atoms with Crippen LogP contribution in [0.2, 0.25) is 0 Å². The van der Waals surface area contributed by atoms with Crippen molar-refractivity contribution in [1.82, 2.24) is 4.98 Å². The van der Waals surface area contributed by atoms with E-state index in [2.05, 4.69) is 15.2 Å². The average molecular weight is 355 g/mol. The van der Waals surface area contributed by atoms with E-state index in [9.17, 15) is 17.6 Å². The van der Waals surface area contributed by atoms with E-state index >= 15 is 0 Å². The van der Waals surface area contributed by atoms with Crippen molar-refractivity contribution in [3.63, 3.8) is 0 Å². The van der Waals surface area contributed by atoms with Crippen molar-refractivity contribution in [1.29, 1.82) is 0 Å². The number of benzene rings is 1. The third-order valence-corrected chi connectivity index (χ3v) is 3.92. The number of halogens is 4. The van der Waals surface area contributed by atoms with E-state index in [0.29, 0.717) is 5.69 Å². The molecule has 1 aliphatic heterocycles. The summed E-state index contributed by atoms with van der Waals surface area (Å²) in [7, 11) is 0. The third kappa shape index (κ3) is 3.68. The van der Waals surface area contributed by atoms with Crippen LogP contribution in [0.15, 0.2) is 24.3 Å². The Morgan fingerprint density at radius 3 is 2.00 bits per heavy atom. The molecule has 0 radical (unpaired) electrons. The maximum Gasteiger partial charge on any atom is 0.253 e. The standard InChI is InChI=1S/C17H17F4N3O/c1-9-7-24(8-10(2)25-9)12-5-3-11(4-6-12)22-15-13(18)16(20)23-17(21)14(15)19/h3-6,9-10H,7-8H2,1-2H3,(H,22,23). The molecule has 0 spiro atoms. The van der Waals surface area contributed by atoms with Gasteiger partial charge in [-0.1, -0.05) is 0 Å². The van der Waals surface area contributed by atoms with Gasteiger partial charge in [0, 0.05) is 24.5 Å². The van der Waals surface area contributed by atoms with Gasteiger partial charge >= 0.3 is 0 Å². The van der Waals surface area contributed by atoms with Gasteiger partial charge in [-0.2, -0.15) is 22.5 Å². The van der Waals surface area contributed by atoms with Crippen molar-refractivity contribution in [2.45, 2.75) is 26.1 Å². The SMILES string of the molecule is CC1CN(c2ccc(Nc3c(F)c(F)nc(F)c3F)cc2)CC(C)O1. The maximum atomic E-state index is 13.7. The molecule has 8 heteroatoms. The second-order valence-corrected chi connectivity index (χ2v) is 6.03. The normalized spacial score (nSPS) is 20.6. The quantitative estimate of drug-likeness (QED) is 0.667. The lowest BCUT2D eigenvalue weighted by atomic mass is 10.2. The zero-order valence-corrected chi connectivity index (χ0v) is 13.7. The van der Waals surface area contributed by atoms with Gasteiger partial charge in [0.05, 0.1) is 12.2 Å². The number of ether oxygens (including phenoxy) is 1. The highest BCUT2D eigenvalue weighted by Gasteiger charge is 2.23. The topological polar surface area (TPSA) is 37.4 Å². The fourth-order valence-electron chi connectivity index (χ4n) is 2.89. The Bertz CT molecular complexity index is 733. The molecule has 0 amide bonds. The molecule has 0 bridgehead atoms. The first-order valence-electron chi connectivity index (χ1n) is 7.82. The minimum Gasteiger partial charge on any atom is -0.372 e. The molecule has 1 saturated heterocycles. The van der Waals surface area contributed by atoms with E-state index in [0.717, 1.165) is 18.8 Å². The first kappa shape index (κ1) is 17.5. The molecule has 2 atom stereocenters. The van der Waals surface area contributed by atoms with Crippen LogP contribution < -0.4 is 10.2 Å². The fourth-order valence-corrected chi connectivity index (χ4v) is 2.89. The monoisotopic (exact) mass is 355 g/mol. The Hall–Kier alpha value is -2.35. The number of hydrogen-bond donors (Lipinski definition) is 1. The predicted octanol–water partition coefficient (Wildman–Crippen LogP) is 4.00. The molecule has 1 aliphatic rings. The van der Waals surface area contributed by atoms with E-state index in [1.54, 1.807) is 24.3 Å². The first-order chi connectivity index (χ1) is 11.8. The van der Waals surface area contributed by atoms with E-state index in [1.807, 2.05) is 13.8 Å². The molecule has 2 heterocycles. The van der Waals surface area contributed by atoms with Crippen LogP contribution in [0, 0.1) is 23.5 Å². The molecule has 2 aromatic rings. The molecule has 2 unspecified atom stereocenters. The highest BCUT2D eigenvalue weighted by molar-refractivity contribution is 5.63. The molecule has 1 fully saturated rings. The van der Waals surface area contributed by atoms with Gasteiger partial charge in [-0.15, -0.1) is 0 Å². The summed E-state index contributed by atoms with van der Waals surface area (Å²) in [5, 5.41) is 2.36. The number of nitrogens with one attached hydrogen (secondary N) is 1. The second kappa shape index (κ2) is 6.87. The highest BCUT2D eigenvalue weighted by Crippen LogP contribution is 2.28. The summed E-state index contributed by atoms with van der Waals surface area (Å²) in [5.41, 5.74) is 0.299. The number of hydrogen-bond acceptors (Lipinski definition) is 4. The maximum absolute atomic E-state index is 13.7. The lowest BCUT2D eigenvalue weighted by Crippen LogP contribution is -2.45. The summed E-state index contributed by atoms with van der Waals surface area (Å²) in [5.74, 6) is -6.54. The Morgan fingerprint density at radius 2 is 1.48 bits per heavy atom. The van der Waals surface area contributed by atoms with Gasteiger partial charge in [-0.25, -0.2) is 0 Å². The summed E-state index contributed by atoms with van der Waals surface area (Å²) in [4.78, 5) is 4.66. The van der Waals surface area contributed by atoms with Crippen LogP contribution in [-0.4, -0.2) is 30.3 Å². The largest absolute Gasteiger partial charge is 0.372 e. The zero-order valence-electron chi connectivity index (χ0n) is 13.7. The van der Waals surface area contributed by atoms with Crippen molar-refractivity contribution >= 4 is 17.1 Å². The van der Waals surface area contributed by atoms with Gasteiger partial charge in [0.15, 0.2) is 0 Å².